The van der Waals surface area contributed by atoms with Crippen LogP contribution in [0.3, 0.4) is 0 Å². The van der Waals surface area contributed by atoms with E-state index < -0.39 is 0 Å². The number of thioether (sulfide) groups is 1. The van der Waals surface area contributed by atoms with E-state index in [2.05, 4.69) is 10.3 Å². The third-order valence-corrected chi connectivity index (χ3v) is 6.00. The molecule has 1 N–H and O–H groups in total. The SMILES string of the molecule is CCn1c(SCC(=O)Nc2cc(OC)c(OC)c(OC)c2)nc2ccsc2c1=O. The van der Waals surface area contributed by atoms with Gasteiger partial charge >= 0.3 is 0 Å². The maximum atomic E-state index is 12.6. The lowest BCUT2D eigenvalue weighted by molar-refractivity contribution is -0.113. The lowest BCUT2D eigenvalue weighted by Crippen LogP contribution is -2.22. The molecular formula is C19H21N3O5S2. The van der Waals surface area contributed by atoms with Crippen LogP contribution in [0.4, 0.5) is 5.69 Å². The standard InChI is InChI=1S/C19H21N3O5S2/c1-5-22-18(24)17-12(6-7-28-17)21-19(22)29-10-15(23)20-11-8-13(25-2)16(27-4)14(9-11)26-3/h6-9H,5,10H2,1-4H3,(H,20,23). The summed E-state index contributed by atoms with van der Waals surface area (Å²) in [6.07, 6.45) is 0. The fourth-order valence-electron chi connectivity index (χ4n) is 2.79. The molecule has 3 rings (SSSR count). The van der Waals surface area contributed by atoms with Gasteiger partial charge in [0.1, 0.15) is 4.70 Å². The van der Waals surface area contributed by atoms with Crippen LogP contribution < -0.4 is 25.1 Å². The molecule has 0 radical (unpaired) electrons. The van der Waals surface area contributed by atoms with E-state index in [1.165, 1.54) is 44.4 Å². The van der Waals surface area contributed by atoms with Gasteiger partial charge in [0, 0.05) is 24.4 Å². The van der Waals surface area contributed by atoms with Gasteiger partial charge in [-0.1, -0.05) is 11.8 Å². The Morgan fingerprint density at radius 1 is 1.21 bits per heavy atom. The first-order valence-electron chi connectivity index (χ1n) is 8.73. The minimum absolute atomic E-state index is 0.0833. The molecule has 0 bridgehead atoms. The number of carbonyl (C=O) groups is 1. The number of aromatic nitrogens is 2. The number of amides is 1. The van der Waals surface area contributed by atoms with Gasteiger partial charge in [-0.25, -0.2) is 4.98 Å². The van der Waals surface area contributed by atoms with Crippen LogP contribution in [-0.4, -0.2) is 42.5 Å². The highest BCUT2D eigenvalue weighted by atomic mass is 32.2. The van der Waals surface area contributed by atoms with Gasteiger partial charge in [-0.15, -0.1) is 11.3 Å². The molecule has 29 heavy (non-hydrogen) atoms. The van der Waals surface area contributed by atoms with E-state index in [0.717, 1.165) is 0 Å². The van der Waals surface area contributed by atoms with Crippen LogP contribution in [0.5, 0.6) is 17.2 Å². The first-order chi connectivity index (χ1) is 14.0. The van der Waals surface area contributed by atoms with Gasteiger partial charge in [-0.2, -0.15) is 0 Å². The highest BCUT2D eigenvalue weighted by Crippen LogP contribution is 2.40. The number of carbonyl (C=O) groups excluding carboxylic acids is 1. The number of nitrogens with one attached hydrogen (secondary N) is 1. The summed E-state index contributed by atoms with van der Waals surface area (Å²) in [7, 11) is 4.53. The Morgan fingerprint density at radius 2 is 1.90 bits per heavy atom. The Morgan fingerprint density at radius 3 is 2.48 bits per heavy atom. The molecule has 3 aromatic rings. The molecule has 0 saturated heterocycles. The molecule has 8 nitrogen and oxygen atoms in total. The third kappa shape index (κ3) is 4.33. The highest BCUT2D eigenvalue weighted by Gasteiger charge is 2.16. The van der Waals surface area contributed by atoms with Crippen LogP contribution in [-0.2, 0) is 11.3 Å². The summed E-state index contributed by atoms with van der Waals surface area (Å²) in [6, 6.07) is 5.12. The molecule has 0 saturated carbocycles. The zero-order valence-corrected chi connectivity index (χ0v) is 18.1. The van der Waals surface area contributed by atoms with Crippen LogP contribution in [0.15, 0.2) is 33.5 Å². The number of benzene rings is 1. The number of fused-ring (bicyclic) bond motifs is 1. The summed E-state index contributed by atoms with van der Waals surface area (Å²) in [5.41, 5.74) is 1.08. The van der Waals surface area contributed by atoms with E-state index in [4.69, 9.17) is 14.2 Å². The monoisotopic (exact) mass is 435 g/mol. The van der Waals surface area contributed by atoms with E-state index in [0.29, 0.717) is 44.9 Å². The summed E-state index contributed by atoms with van der Waals surface area (Å²) < 4.78 is 18.1. The Hall–Kier alpha value is -2.72. The minimum Gasteiger partial charge on any atom is -0.493 e. The molecule has 0 aliphatic carbocycles. The van der Waals surface area contributed by atoms with Crippen molar-refractivity contribution in [2.45, 2.75) is 18.6 Å². The predicted molar refractivity (Wildman–Crippen MR) is 115 cm³/mol. The molecular weight excluding hydrogens is 414 g/mol. The van der Waals surface area contributed by atoms with Crippen molar-refractivity contribution < 1.29 is 19.0 Å². The molecule has 1 amide bonds. The van der Waals surface area contributed by atoms with Crippen LogP contribution in [0, 0.1) is 0 Å². The normalized spacial score (nSPS) is 10.8. The number of ether oxygens (including phenoxy) is 3. The molecule has 154 valence electrons. The topological polar surface area (TPSA) is 91.7 Å². The van der Waals surface area contributed by atoms with Crippen molar-refractivity contribution in [2.24, 2.45) is 0 Å². The van der Waals surface area contributed by atoms with Gasteiger partial charge < -0.3 is 19.5 Å². The van der Waals surface area contributed by atoms with Gasteiger partial charge in [0.05, 0.1) is 32.6 Å². The average Bonchev–Trinajstić information content (AvgIpc) is 3.20. The number of thiophene rings is 1. The van der Waals surface area contributed by atoms with Crippen LogP contribution in [0.25, 0.3) is 10.2 Å². The third-order valence-electron chi connectivity index (χ3n) is 4.13. The summed E-state index contributed by atoms with van der Waals surface area (Å²) in [5, 5.41) is 5.16. The lowest BCUT2D eigenvalue weighted by Gasteiger charge is -2.14. The van der Waals surface area contributed by atoms with Crippen molar-refractivity contribution in [1.29, 1.82) is 0 Å². The number of nitrogens with zero attached hydrogens (tertiary/aromatic N) is 2. The predicted octanol–water partition coefficient (Wildman–Crippen LogP) is 3.23. The fourth-order valence-corrected chi connectivity index (χ4v) is 4.43. The molecule has 2 aromatic heterocycles. The highest BCUT2D eigenvalue weighted by molar-refractivity contribution is 7.99. The quantitative estimate of drug-likeness (QED) is 0.429. The van der Waals surface area contributed by atoms with Crippen LogP contribution in [0.1, 0.15) is 6.92 Å². The summed E-state index contributed by atoms with van der Waals surface area (Å²) >= 11 is 2.59. The fraction of sp³-hybridized carbons (Fsp3) is 0.316. The summed E-state index contributed by atoms with van der Waals surface area (Å²) in [5.74, 6) is 1.19. The molecule has 10 heteroatoms. The number of anilines is 1. The maximum Gasteiger partial charge on any atom is 0.272 e. The molecule has 0 atom stereocenters. The molecule has 0 unspecified atom stereocenters. The Kier molecular flexibility index (Phi) is 6.65. The minimum atomic E-state index is -0.244. The van der Waals surface area contributed by atoms with Crippen molar-refractivity contribution in [3.05, 3.63) is 33.9 Å². The molecule has 0 aliphatic heterocycles. The zero-order chi connectivity index (χ0) is 21.0. The summed E-state index contributed by atoms with van der Waals surface area (Å²) in [6.45, 7) is 2.36. The lowest BCUT2D eigenvalue weighted by atomic mass is 10.2. The second-order valence-electron chi connectivity index (χ2n) is 5.83. The van der Waals surface area contributed by atoms with E-state index in [-0.39, 0.29) is 17.2 Å². The van der Waals surface area contributed by atoms with Gasteiger partial charge in [-0.05, 0) is 18.4 Å². The van der Waals surface area contributed by atoms with Crippen molar-refractivity contribution in [1.82, 2.24) is 9.55 Å². The van der Waals surface area contributed by atoms with Crippen molar-refractivity contribution >= 4 is 44.9 Å². The van der Waals surface area contributed by atoms with E-state index in [9.17, 15) is 9.59 Å². The van der Waals surface area contributed by atoms with Gasteiger partial charge in [-0.3, -0.25) is 14.2 Å². The first-order valence-corrected chi connectivity index (χ1v) is 10.6. The van der Waals surface area contributed by atoms with Crippen LogP contribution >= 0.6 is 23.1 Å². The Labute approximate surface area is 175 Å². The number of hydrogen-bond donors (Lipinski definition) is 1. The Balaban J connectivity index is 1.77. The van der Waals surface area contributed by atoms with Gasteiger partial charge in [0.2, 0.25) is 11.7 Å². The van der Waals surface area contributed by atoms with E-state index in [1.807, 2.05) is 12.3 Å². The van der Waals surface area contributed by atoms with Crippen LogP contribution in [0.2, 0.25) is 0 Å². The van der Waals surface area contributed by atoms with Crippen molar-refractivity contribution in [2.75, 3.05) is 32.4 Å². The number of hydrogen-bond acceptors (Lipinski definition) is 8. The molecule has 0 fully saturated rings. The molecule has 0 aliphatic rings. The molecule has 2 heterocycles. The van der Waals surface area contributed by atoms with Crippen molar-refractivity contribution in [3.8, 4) is 17.2 Å². The van der Waals surface area contributed by atoms with Gasteiger partial charge in [0.25, 0.3) is 5.56 Å². The number of methoxy groups -OCH3 is 3. The average molecular weight is 436 g/mol. The zero-order valence-electron chi connectivity index (χ0n) is 16.5. The first kappa shape index (κ1) is 21.0. The summed E-state index contributed by atoms with van der Waals surface area (Å²) in [4.78, 5) is 29.6. The second-order valence-corrected chi connectivity index (χ2v) is 7.69. The Bertz CT molecular complexity index is 1070. The van der Waals surface area contributed by atoms with E-state index in [1.54, 1.807) is 22.8 Å². The van der Waals surface area contributed by atoms with Crippen molar-refractivity contribution in [3.63, 3.8) is 0 Å². The number of rotatable bonds is 8. The molecule has 0 spiro atoms. The second kappa shape index (κ2) is 9.19. The molecule has 1 aromatic carbocycles. The van der Waals surface area contributed by atoms with E-state index >= 15 is 0 Å². The largest absolute Gasteiger partial charge is 0.493 e. The van der Waals surface area contributed by atoms with Gasteiger partial charge in [0.15, 0.2) is 16.7 Å². The maximum absolute atomic E-state index is 12.6. The smallest absolute Gasteiger partial charge is 0.272 e.